The summed E-state index contributed by atoms with van der Waals surface area (Å²) in [7, 11) is 0. The Morgan fingerprint density at radius 2 is 1.78 bits per heavy atom. The lowest BCUT2D eigenvalue weighted by atomic mass is 9.99. The zero-order chi connectivity index (χ0) is 23.7. The Morgan fingerprint density at radius 3 is 2.44 bits per heavy atom. The van der Waals surface area contributed by atoms with Crippen LogP contribution in [0.25, 0.3) is 0 Å². The number of aryl methyl sites for hydroxylation is 1. The molecule has 32 heavy (non-hydrogen) atoms. The molecule has 1 aliphatic rings. The van der Waals surface area contributed by atoms with Gasteiger partial charge in [-0.1, -0.05) is 45.6 Å². The van der Waals surface area contributed by atoms with Crippen molar-refractivity contribution in [1.82, 2.24) is 0 Å². The molecule has 1 aromatic rings. The van der Waals surface area contributed by atoms with E-state index in [1.54, 1.807) is 25.1 Å². The van der Waals surface area contributed by atoms with Crippen LogP contribution in [0.15, 0.2) is 18.2 Å². The SMILES string of the molecule is Cc1cc(COC(=O)CCCCCCC(C)C)ccc1OC1OC(CO)C(O)C(O)C1O. The highest BCUT2D eigenvalue weighted by Crippen LogP contribution is 2.27. The third-order valence-corrected chi connectivity index (χ3v) is 5.64. The van der Waals surface area contributed by atoms with E-state index in [1.165, 1.54) is 12.8 Å². The van der Waals surface area contributed by atoms with Gasteiger partial charge in [-0.2, -0.15) is 0 Å². The van der Waals surface area contributed by atoms with Crippen molar-refractivity contribution < 1.29 is 39.4 Å². The van der Waals surface area contributed by atoms with Gasteiger partial charge < -0.3 is 34.6 Å². The molecule has 1 fully saturated rings. The van der Waals surface area contributed by atoms with E-state index in [9.17, 15) is 25.2 Å². The predicted octanol–water partition coefficient (Wildman–Crippen LogP) is 2.21. The van der Waals surface area contributed by atoms with Crippen molar-refractivity contribution in [3.05, 3.63) is 29.3 Å². The number of esters is 1. The summed E-state index contributed by atoms with van der Waals surface area (Å²) >= 11 is 0. The summed E-state index contributed by atoms with van der Waals surface area (Å²) in [6.07, 6.45) is -0.845. The van der Waals surface area contributed by atoms with Crippen molar-refractivity contribution >= 4 is 5.97 Å². The van der Waals surface area contributed by atoms with Crippen LogP contribution in [-0.2, 0) is 20.9 Å². The van der Waals surface area contributed by atoms with E-state index < -0.39 is 37.3 Å². The molecule has 0 saturated carbocycles. The Kier molecular flexibility index (Phi) is 10.9. The summed E-state index contributed by atoms with van der Waals surface area (Å²) in [4.78, 5) is 12.0. The second kappa shape index (κ2) is 13.1. The Balaban J connectivity index is 1.79. The van der Waals surface area contributed by atoms with Gasteiger partial charge in [0.15, 0.2) is 0 Å². The van der Waals surface area contributed by atoms with Crippen molar-refractivity contribution in [3.63, 3.8) is 0 Å². The van der Waals surface area contributed by atoms with Crippen LogP contribution < -0.4 is 4.74 Å². The molecule has 0 bridgehead atoms. The molecule has 1 saturated heterocycles. The first-order valence-electron chi connectivity index (χ1n) is 11.4. The topological polar surface area (TPSA) is 126 Å². The lowest BCUT2D eigenvalue weighted by molar-refractivity contribution is -0.277. The summed E-state index contributed by atoms with van der Waals surface area (Å²) in [5, 5.41) is 39.1. The van der Waals surface area contributed by atoms with Gasteiger partial charge in [0.2, 0.25) is 6.29 Å². The summed E-state index contributed by atoms with van der Waals surface area (Å²) < 4.78 is 16.4. The Morgan fingerprint density at radius 1 is 1.06 bits per heavy atom. The molecule has 2 rings (SSSR count). The standard InChI is InChI=1S/C24H38O8/c1-15(2)8-6-4-5-7-9-20(26)30-14-17-10-11-18(16(3)12-17)31-24-23(29)22(28)21(27)19(13-25)32-24/h10-12,15,19,21-25,27-29H,4-9,13-14H2,1-3H3. The quantitative estimate of drug-likeness (QED) is 0.280. The molecular weight excluding hydrogens is 416 g/mol. The Bertz CT molecular complexity index is 705. The van der Waals surface area contributed by atoms with Gasteiger partial charge in [0, 0.05) is 6.42 Å². The van der Waals surface area contributed by atoms with Gasteiger partial charge >= 0.3 is 5.97 Å². The first kappa shape index (κ1) is 26.5. The molecule has 5 atom stereocenters. The van der Waals surface area contributed by atoms with Crippen LogP contribution >= 0.6 is 0 Å². The third kappa shape index (κ3) is 8.01. The fourth-order valence-electron chi connectivity index (χ4n) is 3.63. The van der Waals surface area contributed by atoms with Gasteiger partial charge in [-0.3, -0.25) is 4.79 Å². The highest BCUT2D eigenvalue weighted by Gasteiger charge is 2.44. The maximum Gasteiger partial charge on any atom is 0.306 e. The summed E-state index contributed by atoms with van der Waals surface area (Å²) in [6, 6.07) is 5.21. The number of rotatable bonds is 12. The van der Waals surface area contributed by atoms with E-state index in [2.05, 4.69) is 13.8 Å². The Labute approximate surface area is 190 Å². The van der Waals surface area contributed by atoms with Crippen LogP contribution in [0, 0.1) is 12.8 Å². The van der Waals surface area contributed by atoms with Gasteiger partial charge in [-0.25, -0.2) is 0 Å². The van der Waals surface area contributed by atoms with Crippen LogP contribution in [-0.4, -0.2) is 63.7 Å². The van der Waals surface area contributed by atoms with E-state index in [4.69, 9.17) is 14.2 Å². The second-order valence-corrected chi connectivity index (χ2v) is 8.92. The average Bonchev–Trinajstić information content (AvgIpc) is 2.76. The van der Waals surface area contributed by atoms with Crippen molar-refractivity contribution in [3.8, 4) is 5.75 Å². The molecule has 0 aromatic heterocycles. The number of benzene rings is 1. The zero-order valence-corrected chi connectivity index (χ0v) is 19.3. The molecule has 182 valence electrons. The number of carbonyl (C=O) groups is 1. The summed E-state index contributed by atoms with van der Waals surface area (Å²) in [6.45, 7) is 5.86. The number of hydrogen-bond donors (Lipinski definition) is 4. The first-order chi connectivity index (χ1) is 15.2. The largest absolute Gasteiger partial charge is 0.462 e. The van der Waals surface area contributed by atoms with E-state index in [0.29, 0.717) is 12.2 Å². The average molecular weight is 455 g/mol. The maximum absolute atomic E-state index is 12.0. The van der Waals surface area contributed by atoms with Gasteiger partial charge in [-0.05, 0) is 42.5 Å². The summed E-state index contributed by atoms with van der Waals surface area (Å²) in [5.41, 5.74) is 1.52. The molecule has 0 spiro atoms. The molecule has 1 heterocycles. The van der Waals surface area contributed by atoms with Crippen LogP contribution in [0.4, 0.5) is 0 Å². The second-order valence-electron chi connectivity index (χ2n) is 8.92. The molecule has 0 radical (unpaired) electrons. The number of ether oxygens (including phenoxy) is 3. The van der Waals surface area contributed by atoms with Gasteiger partial charge in [-0.15, -0.1) is 0 Å². The molecule has 1 aromatic carbocycles. The lowest BCUT2D eigenvalue weighted by Gasteiger charge is -2.39. The fourth-order valence-corrected chi connectivity index (χ4v) is 3.63. The zero-order valence-electron chi connectivity index (χ0n) is 19.3. The molecular formula is C24H38O8. The van der Waals surface area contributed by atoms with Gasteiger partial charge in [0.25, 0.3) is 0 Å². The van der Waals surface area contributed by atoms with E-state index in [0.717, 1.165) is 36.3 Å². The van der Waals surface area contributed by atoms with Gasteiger partial charge in [0.05, 0.1) is 6.61 Å². The van der Waals surface area contributed by atoms with Crippen molar-refractivity contribution in [2.45, 2.75) is 96.6 Å². The van der Waals surface area contributed by atoms with Crippen molar-refractivity contribution in [2.24, 2.45) is 5.92 Å². The van der Waals surface area contributed by atoms with Crippen LogP contribution in [0.3, 0.4) is 0 Å². The number of aliphatic hydroxyl groups excluding tert-OH is 4. The minimum absolute atomic E-state index is 0.160. The molecule has 0 aliphatic carbocycles. The van der Waals surface area contributed by atoms with E-state index in [-0.39, 0.29) is 12.6 Å². The molecule has 0 amide bonds. The van der Waals surface area contributed by atoms with E-state index >= 15 is 0 Å². The normalized spacial score (nSPS) is 25.7. The molecule has 5 unspecified atom stereocenters. The number of hydrogen-bond acceptors (Lipinski definition) is 8. The molecule has 8 heteroatoms. The van der Waals surface area contributed by atoms with Gasteiger partial charge in [0.1, 0.15) is 36.8 Å². The van der Waals surface area contributed by atoms with Crippen molar-refractivity contribution in [1.29, 1.82) is 0 Å². The Hall–Kier alpha value is -1.71. The number of aliphatic hydroxyl groups is 4. The van der Waals surface area contributed by atoms with Crippen molar-refractivity contribution in [2.75, 3.05) is 6.61 Å². The maximum atomic E-state index is 12.0. The number of carbonyl (C=O) groups excluding carboxylic acids is 1. The third-order valence-electron chi connectivity index (χ3n) is 5.64. The monoisotopic (exact) mass is 454 g/mol. The smallest absolute Gasteiger partial charge is 0.306 e. The minimum Gasteiger partial charge on any atom is -0.462 e. The van der Waals surface area contributed by atoms with Crippen LogP contribution in [0.2, 0.25) is 0 Å². The predicted molar refractivity (Wildman–Crippen MR) is 118 cm³/mol. The summed E-state index contributed by atoms with van der Waals surface area (Å²) in [5.74, 6) is 0.913. The molecule has 4 N–H and O–H groups in total. The fraction of sp³-hybridized carbons (Fsp3) is 0.708. The molecule has 8 nitrogen and oxygen atoms in total. The van der Waals surface area contributed by atoms with Crippen LogP contribution in [0.5, 0.6) is 5.75 Å². The highest BCUT2D eigenvalue weighted by molar-refractivity contribution is 5.69. The lowest BCUT2D eigenvalue weighted by Crippen LogP contribution is -2.60. The highest BCUT2D eigenvalue weighted by atomic mass is 16.7. The first-order valence-corrected chi connectivity index (χ1v) is 11.4. The minimum atomic E-state index is -1.50. The molecule has 1 aliphatic heterocycles. The number of unbranched alkanes of at least 4 members (excludes halogenated alkanes) is 3. The van der Waals surface area contributed by atoms with E-state index in [1.807, 2.05) is 0 Å². The van der Waals surface area contributed by atoms with Crippen LogP contribution in [0.1, 0.15) is 63.5 Å².